The number of para-hydroxylation sites is 2. The molecule has 3 nitrogen and oxygen atoms in total. The number of ether oxygens (including phenoxy) is 2. The van der Waals surface area contributed by atoms with Gasteiger partial charge in [-0.3, -0.25) is 0 Å². The third-order valence-corrected chi connectivity index (χ3v) is 4.99. The molecule has 0 saturated heterocycles. The zero-order chi connectivity index (χ0) is 17.4. The second-order valence-electron chi connectivity index (χ2n) is 6.21. The zero-order valence-electron chi connectivity index (χ0n) is 15.8. The van der Waals surface area contributed by atoms with E-state index in [4.69, 9.17) is 9.47 Å². The number of halogens is 1. The Hall–Kier alpha value is -1.52. The third kappa shape index (κ3) is 5.75. The Balaban J connectivity index is 0.00000312. The van der Waals surface area contributed by atoms with Crippen LogP contribution in [0.5, 0.6) is 11.5 Å². The van der Waals surface area contributed by atoms with Crippen LogP contribution in [-0.4, -0.2) is 31.2 Å². The number of hydrogen-bond acceptors (Lipinski definition) is 2. The van der Waals surface area contributed by atoms with E-state index in [0.717, 1.165) is 42.2 Å². The van der Waals surface area contributed by atoms with Crippen molar-refractivity contribution in [1.82, 2.24) is 0 Å². The molecule has 0 heterocycles. The van der Waals surface area contributed by atoms with Gasteiger partial charge in [-0.1, -0.05) is 30.3 Å². The fourth-order valence-corrected chi connectivity index (χ4v) is 3.11. The minimum atomic E-state index is 0. The van der Waals surface area contributed by atoms with Crippen LogP contribution in [-0.2, 0) is 13.2 Å². The van der Waals surface area contributed by atoms with Gasteiger partial charge >= 0.3 is 0 Å². The predicted octanol–water partition coefficient (Wildman–Crippen LogP) is 1.65. The van der Waals surface area contributed by atoms with Gasteiger partial charge in [0.05, 0.1) is 26.7 Å². The Morgan fingerprint density at radius 2 is 1.40 bits per heavy atom. The Morgan fingerprint density at radius 1 is 0.800 bits per heavy atom. The number of hydrogen-bond donors (Lipinski definition) is 0. The minimum Gasteiger partial charge on any atom is -1.00 e. The van der Waals surface area contributed by atoms with Gasteiger partial charge in [0.2, 0.25) is 0 Å². The molecule has 0 unspecified atom stereocenters. The van der Waals surface area contributed by atoms with Crippen molar-refractivity contribution in [3.05, 3.63) is 59.7 Å². The van der Waals surface area contributed by atoms with Crippen molar-refractivity contribution < 1.29 is 30.9 Å². The summed E-state index contributed by atoms with van der Waals surface area (Å²) in [5.74, 6) is 1.55. The lowest BCUT2D eigenvalue weighted by atomic mass is 10.1. The smallest absolute Gasteiger partial charge is 0.161 e. The van der Waals surface area contributed by atoms with Gasteiger partial charge in [0.15, 0.2) is 11.5 Å². The van der Waals surface area contributed by atoms with Crippen LogP contribution >= 0.6 is 0 Å². The maximum atomic E-state index is 5.95. The molecule has 0 aliphatic rings. The van der Waals surface area contributed by atoms with Gasteiger partial charge < -0.3 is 30.9 Å². The lowest BCUT2D eigenvalue weighted by Crippen LogP contribution is -3.00. The molecule has 0 aliphatic carbocycles. The van der Waals surface area contributed by atoms with Crippen molar-refractivity contribution in [3.63, 3.8) is 0 Å². The number of quaternary nitrogens is 1. The summed E-state index contributed by atoms with van der Waals surface area (Å²) in [6.07, 6.45) is 0. The van der Waals surface area contributed by atoms with E-state index in [1.165, 1.54) is 11.1 Å². The number of nitrogens with zero attached hydrogens (tertiary/aromatic N) is 1. The Labute approximate surface area is 162 Å². The third-order valence-electron chi connectivity index (χ3n) is 4.99. The van der Waals surface area contributed by atoms with Crippen molar-refractivity contribution in [2.24, 2.45) is 0 Å². The average molecular weight is 408 g/mol. The van der Waals surface area contributed by atoms with Crippen LogP contribution in [0.15, 0.2) is 48.5 Å². The summed E-state index contributed by atoms with van der Waals surface area (Å²) >= 11 is 0. The van der Waals surface area contributed by atoms with Crippen molar-refractivity contribution in [1.29, 1.82) is 0 Å². The van der Waals surface area contributed by atoms with Gasteiger partial charge in [-0.05, 0) is 44.5 Å². The van der Waals surface area contributed by atoms with E-state index in [9.17, 15) is 0 Å². The molecule has 0 atom stereocenters. The molecule has 138 valence electrons. The van der Waals surface area contributed by atoms with Gasteiger partial charge in [-0.25, -0.2) is 0 Å². The number of methoxy groups -OCH3 is 1. The Bertz CT molecular complexity index is 633. The molecule has 2 aromatic rings. The van der Waals surface area contributed by atoms with Crippen LogP contribution in [0.2, 0.25) is 0 Å². The zero-order valence-corrected chi connectivity index (χ0v) is 17.4. The Kier molecular flexibility index (Phi) is 9.01. The van der Waals surface area contributed by atoms with E-state index in [2.05, 4.69) is 45.0 Å². The molecule has 2 aromatic carbocycles. The molecule has 0 bridgehead atoms. The molecular weight excluding hydrogens is 378 g/mol. The van der Waals surface area contributed by atoms with Crippen LogP contribution < -0.4 is 26.5 Å². The van der Waals surface area contributed by atoms with Gasteiger partial charge in [0.1, 0.15) is 13.2 Å². The molecule has 0 saturated carbocycles. The van der Waals surface area contributed by atoms with Crippen molar-refractivity contribution >= 4 is 0 Å². The van der Waals surface area contributed by atoms with Crippen molar-refractivity contribution in [2.75, 3.05) is 26.7 Å². The highest BCUT2D eigenvalue weighted by molar-refractivity contribution is 5.39. The summed E-state index contributed by atoms with van der Waals surface area (Å²) in [5.41, 5.74) is 2.57. The number of benzene rings is 2. The summed E-state index contributed by atoms with van der Waals surface area (Å²) < 4.78 is 12.4. The predicted molar refractivity (Wildman–Crippen MR) is 99.4 cm³/mol. The molecule has 0 fully saturated rings. The fourth-order valence-electron chi connectivity index (χ4n) is 3.11. The lowest BCUT2D eigenvalue weighted by molar-refractivity contribution is -0.936. The molecular formula is C21H30BrNO2. The van der Waals surface area contributed by atoms with E-state index in [1.807, 2.05) is 24.3 Å². The highest BCUT2D eigenvalue weighted by Crippen LogP contribution is 2.26. The first kappa shape index (κ1) is 21.5. The largest absolute Gasteiger partial charge is 1.00 e. The maximum Gasteiger partial charge on any atom is 0.161 e. The van der Waals surface area contributed by atoms with Gasteiger partial charge in [0, 0.05) is 5.56 Å². The molecule has 0 radical (unpaired) electrons. The van der Waals surface area contributed by atoms with Crippen LogP contribution in [0.3, 0.4) is 0 Å². The maximum absolute atomic E-state index is 5.95. The highest BCUT2D eigenvalue weighted by Gasteiger charge is 2.21. The average Bonchev–Trinajstić information content (AvgIpc) is 2.65. The summed E-state index contributed by atoms with van der Waals surface area (Å²) in [5, 5.41) is 0. The molecule has 0 spiro atoms. The van der Waals surface area contributed by atoms with E-state index in [0.29, 0.717) is 6.61 Å². The quantitative estimate of drug-likeness (QED) is 0.588. The Morgan fingerprint density at radius 3 is 2.00 bits per heavy atom. The van der Waals surface area contributed by atoms with Gasteiger partial charge in [-0.15, -0.1) is 0 Å². The normalized spacial score (nSPS) is 10.9. The topological polar surface area (TPSA) is 18.5 Å². The lowest BCUT2D eigenvalue weighted by Gasteiger charge is -2.36. The fraction of sp³-hybridized carbons (Fsp3) is 0.429. The monoisotopic (exact) mass is 407 g/mol. The summed E-state index contributed by atoms with van der Waals surface area (Å²) in [6.45, 7) is 12.0. The minimum absolute atomic E-state index is 0. The second kappa shape index (κ2) is 10.5. The van der Waals surface area contributed by atoms with E-state index < -0.39 is 0 Å². The molecule has 0 aliphatic heterocycles. The molecule has 4 heteroatoms. The molecule has 2 rings (SSSR count). The van der Waals surface area contributed by atoms with E-state index in [1.54, 1.807) is 7.11 Å². The molecule has 0 N–H and O–H groups in total. The molecule has 0 amide bonds. The van der Waals surface area contributed by atoms with E-state index in [-0.39, 0.29) is 17.0 Å². The summed E-state index contributed by atoms with van der Waals surface area (Å²) in [6, 6.07) is 16.5. The first-order chi connectivity index (χ1) is 11.7. The van der Waals surface area contributed by atoms with Crippen LogP contribution in [0.4, 0.5) is 0 Å². The second-order valence-corrected chi connectivity index (χ2v) is 6.21. The van der Waals surface area contributed by atoms with Crippen LogP contribution in [0.25, 0.3) is 0 Å². The van der Waals surface area contributed by atoms with Gasteiger partial charge in [-0.2, -0.15) is 0 Å². The van der Waals surface area contributed by atoms with Crippen molar-refractivity contribution in [2.45, 2.75) is 33.9 Å². The van der Waals surface area contributed by atoms with E-state index >= 15 is 0 Å². The standard InChI is InChI=1S/C21H30NO2.BrH/c1-5-22(6-2,7-3)16-18-11-10-12-19(15-18)17-24-21-14-9-8-13-20(21)23-4;/h8-15H,5-7,16-17H2,1-4H3;1H/q+1;/p-1. The summed E-state index contributed by atoms with van der Waals surface area (Å²) in [7, 11) is 1.67. The summed E-state index contributed by atoms with van der Waals surface area (Å²) in [4.78, 5) is 0. The first-order valence-electron chi connectivity index (χ1n) is 8.85. The molecule has 0 aromatic heterocycles. The highest BCUT2D eigenvalue weighted by atomic mass is 79.9. The first-order valence-corrected chi connectivity index (χ1v) is 8.85. The molecule has 25 heavy (non-hydrogen) atoms. The number of rotatable bonds is 9. The van der Waals surface area contributed by atoms with Crippen molar-refractivity contribution in [3.8, 4) is 11.5 Å². The van der Waals surface area contributed by atoms with Gasteiger partial charge in [0.25, 0.3) is 0 Å². The van der Waals surface area contributed by atoms with Crippen LogP contribution in [0.1, 0.15) is 31.9 Å². The SMILES string of the molecule is CC[N+](CC)(CC)Cc1cccc(COc2ccccc2OC)c1.[Br-]. The van der Waals surface area contributed by atoms with Crippen LogP contribution in [0, 0.1) is 0 Å².